The van der Waals surface area contributed by atoms with Crippen LogP contribution in [0, 0.1) is 0 Å². The number of hydrogen-bond acceptors (Lipinski definition) is 4. The topological polar surface area (TPSA) is 104 Å². The third kappa shape index (κ3) is 6.29. The fourth-order valence-electron chi connectivity index (χ4n) is 2.15. The molecule has 0 aliphatic carbocycles. The van der Waals surface area contributed by atoms with Crippen molar-refractivity contribution in [1.82, 2.24) is 10.0 Å². The number of rotatable bonds is 8. The first-order valence-corrected chi connectivity index (χ1v) is 9.34. The Bertz CT molecular complexity index is 671. The normalized spacial score (nSPS) is 13.8. The van der Waals surface area contributed by atoms with E-state index < -0.39 is 16.1 Å². The first kappa shape index (κ1) is 20.1. The van der Waals surface area contributed by atoms with Gasteiger partial charge in [0.2, 0.25) is 21.8 Å². The van der Waals surface area contributed by atoms with Gasteiger partial charge in [0.1, 0.15) is 0 Å². The summed E-state index contributed by atoms with van der Waals surface area (Å²) in [6.07, 6.45) is 1.76. The van der Waals surface area contributed by atoms with Gasteiger partial charge in [-0.25, -0.2) is 8.42 Å². The van der Waals surface area contributed by atoms with Gasteiger partial charge in [-0.2, -0.15) is 4.72 Å². The van der Waals surface area contributed by atoms with Gasteiger partial charge in [-0.05, 0) is 44.5 Å². The molecular weight excluding hydrogens is 330 g/mol. The molecule has 134 valence electrons. The Hall–Kier alpha value is -1.93. The van der Waals surface area contributed by atoms with Gasteiger partial charge in [-0.1, -0.05) is 13.3 Å². The van der Waals surface area contributed by atoms with Crippen LogP contribution in [0.4, 0.5) is 5.69 Å². The van der Waals surface area contributed by atoms with E-state index >= 15 is 0 Å². The van der Waals surface area contributed by atoms with Gasteiger partial charge in [-0.15, -0.1) is 0 Å². The van der Waals surface area contributed by atoms with E-state index in [-0.39, 0.29) is 22.8 Å². The van der Waals surface area contributed by atoms with Crippen molar-refractivity contribution in [3.05, 3.63) is 24.3 Å². The average Bonchev–Trinajstić information content (AvgIpc) is 2.46. The highest BCUT2D eigenvalue weighted by molar-refractivity contribution is 7.89. The molecule has 1 rings (SSSR count). The Kier molecular flexibility index (Phi) is 7.37. The molecule has 0 saturated heterocycles. The van der Waals surface area contributed by atoms with E-state index in [1.165, 1.54) is 38.1 Å². The van der Waals surface area contributed by atoms with Crippen molar-refractivity contribution >= 4 is 27.5 Å². The van der Waals surface area contributed by atoms with Gasteiger partial charge in [0.15, 0.2) is 0 Å². The van der Waals surface area contributed by atoms with Crippen molar-refractivity contribution in [3.63, 3.8) is 0 Å². The molecule has 2 atom stereocenters. The van der Waals surface area contributed by atoms with Crippen LogP contribution in [-0.4, -0.2) is 32.3 Å². The fourth-order valence-corrected chi connectivity index (χ4v) is 3.35. The summed E-state index contributed by atoms with van der Waals surface area (Å²) in [6.45, 7) is 6.76. The van der Waals surface area contributed by atoms with Gasteiger partial charge >= 0.3 is 0 Å². The number of benzene rings is 1. The summed E-state index contributed by atoms with van der Waals surface area (Å²) in [5.74, 6) is -0.607. The van der Waals surface area contributed by atoms with E-state index in [0.29, 0.717) is 5.69 Å². The molecule has 0 bridgehead atoms. The van der Waals surface area contributed by atoms with Gasteiger partial charge in [0, 0.05) is 18.7 Å². The second-order valence-corrected chi connectivity index (χ2v) is 7.46. The summed E-state index contributed by atoms with van der Waals surface area (Å²) in [5, 5.41) is 5.33. The van der Waals surface area contributed by atoms with E-state index in [9.17, 15) is 18.0 Å². The molecule has 0 fully saturated rings. The quantitative estimate of drug-likeness (QED) is 0.659. The second kappa shape index (κ2) is 8.79. The van der Waals surface area contributed by atoms with E-state index in [1.54, 1.807) is 0 Å². The van der Waals surface area contributed by atoms with Crippen LogP contribution in [0.2, 0.25) is 0 Å². The standard InChI is InChI=1S/C16H25N3O4S/c1-5-6-11(2)17-16(21)12(3)19-24(22,23)15-9-7-14(8-10-15)18-13(4)20/h7-12,19H,5-6H2,1-4H3,(H,17,21)(H,18,20)/t11?,12-/m0/s1. The highest BCUT2D eigenvalue weighted by Gasteiger charge is 2.22. The maximum Gasteiger partial charge on any atom is 0.241 e. The van der Waals surface area contributed by atoms with Crippen molar-refractivity contribution in [2.24, 2.45) is 0 Å². The lowest BCUT2D eigenvalue weighted by Gasteiger charge is -2.18. The van der Waals surface area contributed by atoms with Crippen LogP contribution in [-0.2, 0) is 19.6 Å². The Morgan fingerprint density at radius 3 is 2.21 bits per heavy atom. The number of hydrogen-bond donors (Lipinski definition) is 3. The SMILES string of the molecule is CCCC(C)NC(=O)[C@H](C)NS(=O)(=O)c1ccc(NC(C)=O)cc1. The maximum atomic E-state index is 12.3. The van der Waals surface area contributed by atoms with Crippen LogP contribution in [0.5, 0.6) is 0 Å². The molecule has 2 amide bonds. The Balaban J connectivity index is 2.74. The van der Waals surface area contributed by atoms with Crippen molar-refractivity contribution < 1.29 is 18.0 Å². The summed E-state index contributed by atoms with van der Waals surface area (Å²) >= 11 is 0. The number of sulfonamides is 1. The largest absolute Gasteiger partial charge is 0.352 e. The van der Waals surface area contributed by atoms with Crippen LogP contribution in [0.25, 0.3) is 0 Å². The molecule has 0 aromatic heterocycles. The van der Waals surface area contributed by atoms with Gasteiger partial charge in [-0.3, -0.25) is 9.59 Å². The summed E-state index contributed by atoms with van der Waals surface area (Å²) in [4.78, 5) is 23.0. The molecule has 1 aromatic rings. The zero-order valence-corrected chi connectivity index (χ0v) is 15.2. The molecular formula is C16H25N3O4S. The lowest BCUT2D eigenvalue weighted by molar-refractivity contribution is -0.123. The van der Waals surface area contributed by atoms with E-state index in [2.05, 4.69) is 15.4 Å². The Morgan fingerprint density at radius 2 is 1.71 bits per heavy atom. The Morgan fingerprint density at radius 1 is 1.12 bits per heavy atom. The van der Waals surface area contributed by atoms with Crippen molar-refractivity contribution in [1.29, 1.82) is 0 Å². The van der Waals surface area contributed by atoms with Gasteiger partial charge in [0.25, 0.3) is 0 Å². The van der Waals surface area contributed by atoms with E-state index in [1.807, 2.05) is 13.8 Å². The van der Waals surface area contributed by atoms with Crippen molar-refractivity contribution in [3.8, 4) is 0 Å². The first-order chi connectivity index (χ1) is 11.2. The minimum absolute atomic E-state index is 0.00797. The molecule has 0 heterocycles. The summed E-state index contributed by atoms with van der Waals surface area (Å²) < 4.78 is 27.0. The molecule has 1 unspecified atom stereocenters. The number of anilines is 1. The van der Waals surface area contributed by atoms with E-state index in [0.717, 1.165) is 12.8 Å². The van der Waals surface area contributed by atoms with Gasteiger partial charge < -0.3 is 10.6 Å². The van der Waals surface area contributed by atoms with Crippen LogP contribution in [0.1, 0.15) is 40.5 Å². The predicted molar refractivity (Wildman–Crippen MR) is 93.0 cm³/mol. The fraction of sp³-hybridized carbons (Fsp3) is 0.500. The molecule has 8 heteroatoms. The van der Waals surface area contributed by atoms with Crippen LogP contribution < -0.4 is 15.4 Å². The summed E-state index contributed by atoms with van der Waals surface area (Å²) in [5.41, 5.74) is 0.501. The first-order valence-electron chi connectivity index (χ1n) is 7.86. The van der Waals surface area contributed by atoms with Crippen molar-refractivity contribution in [2.45, 2.75) is 57.5 Å². The molecule has 3 N–H and O–H groups in total. The van der Waals surface area contributed by atoms with Gasteiger partial charge in [0.05, 0.1) is 10.9 Å². The average molecular weight is 355 g/mol. The highest BCUT2D eigenvalue weighted by Crippen LogP contribution is 2.14. The zero-order chi connectivity index (χ0) is 18.3. The second-order valence-electron chi connectivity index (χ2n) is 5.75. The number of carbonyl (C=O) groups excluding carboxylic acids is 2. The third-order valence-corrected chi connectivity index (χ3v) is 4.88. The number of amides is 2. The smallest absolute Gasteiger partial charge is 0.241 e. The molecule has 0 spiro atoms. The minimum Gasteiger partial charge on any atom is -0.352 e. The molecule has 7 nitrogen and oxygen atoms in total. The molecule has 0 saturated carbocycles. The minimum atomic E-state index is -3.82. The molecule has 24 heavy (non-hydrogen) atoms. The molecule has 0 aliphatic heterocycles. The van der Waals surface area contributed by atoms with Crippen LogP contribution >= 0.6 is 0 Å². The molecule has 0 aliphatic rings. The monoisotopic (exact) mass is 355 g/mol. The maximum absolute atomic E-state index is 12.3. The summed E-state index contributed by atoms with van der Waals surface area (Å²) in [7, 11) is -3.82. The predicted octanol–water partition coefficient (Wildman–Crippen LogP) is 1.62. The number of carbonyl (C=O) groups is 2. The molecule has 0 radical (unpaired) electrons. The lowest BCUT2D eigenvalue weighted by Crippen LogP contribution is -2.47. The zero-order valence-electron chi connectivity index (χ0n) is 14.4. The van der Waals surface area contributed by atoms with Crippen LogP contribution in [0.3, 0.4) is 0 Å². The summed E-state index contributed by atoms with van der Waals surface area (Å²) in [6, 6.07) is 4.83. The van der Waals surface area contributed by atoms with E-state index in [4.69, 9.17) is 0 Å². The third-order valence-electron chi connectivity index (χ3n) is 3.32. The Labute approximate surface area is 143 Å². The number of nitrogens with one attached hydrogen (secondary N) is 3. The lowest BCUT2D eigenvalue weighted by atomic mass is 10.2. The van der Waals surface area contributed by atoms with Crippen molar-refractivity contribution in [2.75, 3.05) is 5.32 Å². The molecule has 1 aromatic carbocycles. The van der Waals surface area contributed by atoms with Crippen LogP contribution in [0.15, 0.2) is 29.2 Å². The highest BCUT2D eigenvalue weighted by atomic mass is 32.2.